The Kier molecular flexibility index (Phi) is 5.51. The summed E-state index contributed by atoms with van der Waals surface area (Å²) in [6, 6.07) is 0.248. The average Bonchev–Trinajstić information content (AvgIpc) is 2.52. The lowest BCUT2D eigenvalue weighted by Crippen LogP contribution is -2.44. The molecule has 21 heavy (non-hydrogen) atoms. The molecule has 0 spiro atoms. The van der Waals surface area contributed by atoms with Gasteiger partial charge in [-0.3, -0.25) is 5.43 Å². The van der Waals surface area contributed by atoms with Crippen molar-refractivity contribution in [2.75, 3.05) is 24.0 Å². The summed E-state index contributed by atoms with van der Waals surface area (Å²) in [7, 11) is 1.87. The van der Waals surface area contributed by atoms with Crippen molar-refractivity contribution >= 4 is 11.9 Å². The molecule has 0 aromatic carbocycles. The van der Waals surface area contributed by atoms with Gasteiger partial charge in [0, 0.05) is 7.05 Å². The Bertz CT molecular complexity index is 458. The van der Waals surface area contributed by atoms with Gasteiger partial charge in [0.2, 0.25) is 11.9 Å². The van der Waals surface area contributed by atoms with Crippen LogP contribution in [0, 0.1) is 0 Å². The predicted octanol–water partition coefficient (Wildman–Crippen LogP) is 0.686. The number of nitrogens with two attached hydrogens (primary N) is 1. The van der Waals surface area contributed by atoms with E-state index in [1.54, 1.807) is 0 Å². The van der Waals surface area contributed by atoms with Gasteiger partial charge in [-0.2, -0.15) is 15.0 Å². The molecule has 8 nitrogen and oxygen atoms in total. The first-order chi connectivity index (χ1) is 10.2. The molecular formula is C13H24N6O2. The molecule has 4 N–H and O–H groups in total. The first kappa shape index (κ1) is 15.7. The molecule has 0 saturated heterocycles. The number of aliphatic hydroxyl groups is 1. The minimum atomic E-state index is -0.366. The highest BCUT2D eigenvalue weighted by atomic mass is 16.5. The topological polar surface area (TPSA) is 109 Å². The van der Waals surface area contributed by atoms with Gasteiger partial charge in [-0.1, -0.05) is 19.8 Å². The molecule has 0 aliphatic heterocycles. The number of nitrogens with zero attached hydrogens (tertiary/aromatic N) is 4. The smallest absolute Gasteiger partial charge is 0.323 e. The minimum Gasteiger partial charge on any atom is -0.463 e. The van der Waals surface area contributed by atoms with Crippen LogP contribution in [0.5, 0.6) is 6.01 Å². The number of hydrogen-bond donors (Lipinski definition) is 3. The van der Waals surface area contributed by atoms with Crippen molar-refractivity contribution in [2.24, 2.45) is 5.84 Å². The van der Waals surface area contributed by atoms with E-state index < -0.39 is 0 Å². The molecule has 1 aliphatic carbocycles. The van der Waals surface area contributed by atoms with Crippen LogP contribution in [0.1, 0.15) is 39.0 Å². The number of rotatable bonds is 6. The summed E-state index contributed by atoms with van der Waals surface area (Å²) in [4.78, 5) is 14.5. The highest BCUT2D eigenvalue weighted by molar-refractivity contribution is 5.38. The van der Waals surface area contributed by atoms with Gasteiger partial charge in [0.05, 0.1) is 18.8 Å². The zero-order valence-corrected chi connectivity index (χ0v) is 12.6. The lowest BCUT2D eigenvalue weighted by Gasteiger charge is -2.35. The SMILES string of the molecule is CCCOc1nc(NN)nc(N(C)C2CCCCC2O)n1. The van der Waals surface area contributed by atoms with E-state index in [0.29, 0.717) is 12.6 Å². The number of hydrazine groups is 1. The van der Waals surface area contributed by atoms with Crippen LogP contribution >= 0.6 is 0 Å². The Balaban J connectivity index is 2.19. The third kappa shape index (κ3) is 3.92. The maximum Gasteiger partial charge on any atom is 0.323 e. The lowest BCUT2D eigenvalue weighted by atomic mass is 9.92. The molecule has 1 heterocycles. The number of nitrogen functional groups attached to an aromatic ring is 1. The maximum atomic E-state index is 10.2. The lowest BCUT2D eigenvalue weighted by molar-refractivity contribution is 0.105. The Morgan fingerprint density at radius 3 is 2.76 bits per heavy atom. The average molecular weight is 296 g/mol. The fourth-order valence-corrected chi connectivity index (χ4v) is 2.52. The first-order valence-electron chi connectivity index (χ1n) is 7.42. The third-order valence-corrected chi connectivity index (χ3v) is 3.67. The van der Waals surface area contributed by atoms with E-state index in [9.17, 15) is 5.11 Å². The van der Waals surface area contributed by atoms with Gasteiger partial charge in [-0.25, -0.2) is 5.84 Å². The first-order valence-corrected chi connectivity index (χ1v) is 7.42. The number of ether oxygens (including phenoxy) is 1. The Hall–Kier alpha value is -1.67. The van der Waals surface area contributed by atoms with E-state index >= 15 is 0 Å². The van der Waals surface area contributed by atoms with Crippen molar-refractivity contribution in [3.8, 4) is 6.01 Å². The molecule has 8 heteroatoms. The van der Waals surface area contributed by atoms with E-state index in [4.69, 9.17) is 10.6 Å². The zero-order chi connectivity index (χ0) is 15.2. The summed E-state index contributed by atoms with van der Waals surface area (Å²) in [5.74, 6) is 6.10. The standard InChI is InChI=1S/C13H24N6O2/c1-3-8-21-13-16-11(18-14)15-12(17-13)19(2)9-6-4-5-7-10(9)20/h9-10,20H,3-8,14H2,1-2H3,(H,15,16,17,18). The molecule has 2 unspecified atom stereocenters. The molecule has 0 bridgehead atoms. The van der Waals surface area contributed by atoms with Crippen LogP contribution < -0.4 is 20.9 Å². The zero-order valence-electron chi connectivity index (χ0n) is 12.6. The monoisotopic (exact) mass is 296 g/mol. The summed E-state index contributed by atoms with van der Waals surface area (Å²) < 4.78 is 5.46. The van der Waals surface area contributed by atoms with Crippen LogP contribution in [0.15, 0.2) is 0 Å². The number of aromatic nitrogens is 3. The fraction of sp³-hybridized carbons (Fsp3) is 0.769. The van der Waals surface area contributed by atoms with E-state index in [2.05, 4.69) is 20.4 Å². The highest BCUT2D eigenvalue weighted by Crippen LogP contribution is 2.25. The molecule has 118 valence electrons. The van der Waals surface area contributed by atoms with Gasteiger partial charge < -0.3 is 14.7 Å². The molecular weight excluding hydrogens is 272 g/mol. The van der Waals surface area contributed by atoms with Crippen molar-refractivity contribution in [3.05, 3.63) is 0 Å². The number of nitrogens with one attached hydrogen (secondary N) is 1. The van der Waals surface area contributed by atoms with Crippen LogP contribution in [0.2, 0.25) is 0 Å². The van der Waals surface area contributed by atoms with Gasteiger partial charge in [0.25, 0.3) is 0 Å². The molecule has 1 fully saturated rings. The number of hydrogen-bond acceptors (Lipinski definition) is 8. The van der Waals surface area contributed by atoms with Crippen LogP contribution in [0.4, 0.5) is 11.9 Å². The van der Waals surface area contributed by atoms with Crippen molar-refractivity contribution < 1.29 is 9.84 Å². The highest BCUT2D eigenvalue weighted by Gasteiger charge is 2.28. The van der Waals surface area contributed by atoms with Gasteiger partial charge in [-0.05, 0) is 19.3 Å². The van der Waals surface area contributed by atoms with Gasteiger partial charge in [-0.15, -0.1) is 0 Å². The number of aliphatic hydroxyl groups excluding tert-OH is 1. The molecule has 2 rings (SSSR count). The molecule has 1 aromatic rings. The second kappa shape index (κ2) is 7.37. The van der Waals surface area contributed by atoms with Crippen molar-refractivity contribution in [3.63, 3.8) is 0 Å². The molecule has 0 amide bonds. The minimum absolute atomic E-state index is 0.00537. The molecule has 2 atom stereocenters. The normalized spacial score (nSPS) is 21.9. The van der Waals surface area contributed by atoms with Crippen molar-refractivity contribution in [2.45, 2.75) is 51.2 Å². The summed E-state index contributed by atoms with van der Waals surface area (Å²) >= 11 is 0. The summed E-state index contributed by atoms with van der Waals surface area (Å²) in [6.07, 6.45) is 4.38. The second-order valence-electron chi connectivity index (χ2n) is 5.26. The summed E-state index contributed by atoms with van der Waals surface area (Å²) in [5, 5.41) is 10.2. The maximum absolute atomic E-state index is 10.2. The predicted molar refractivity (Wildman–Crippen MR) is 80.1 cm³/mol. The Labute approximate surface area is 124 Å². The number of likely N-dealkylation sites (N-methyl/N-ethyl adjacent to an activating group) is 1. The van der Waals surface area contributed by atoms with E-state index in [0.717, 1.165) is 32.1 Å². The Morgan fingerprint density at radius 1 is 1.33 bits per heavy atom. The van der Waals surface area contributed by atoms with Crippen LogP contribution in [-0.2, 0) is 0 Å². The van der Waals surface area contributed by atoms with Crippen LogP contribution in [-0.4, -0.2) is 45.9 Å². The largest absolute Gasteiger partial charge is 0.463 e. The molecule has 1 aromatic heterocycles. The van der Waals surface area contributed by atoms with E-state index in [1.807, 2.05) is 18.9 Å². The van der Waals surface area contributed by atoms with E-state index in [-0.39, 0.29) is 24.1 Å². The second-order valence-corrected chi connectivity index (χ2v) is 5.26. The van der Waals surface area contributed by atoms with Crippen LogP contribution in [0.25, 0.3) is 0 Å². The van der Waals surface area contributed by atoms with Crippen molar-refractivity contribution in [1.82, 2.24) is 15.0 Å². The molecule has 1 saturated carbocycles. The molecule has 1 aliphatic rings. The van der Waals surface area contributed by atoms with Gasteiger partial charge >= 0.3 is 6.01 Å². The van der Waals surface area contributed by atoms with Gasteiger partial charge in [0.15, 0.2) is 0 Å². The van der Waals surface area contributed by atoms with Gasteiger partial charge in [0.1, 0.15) is 0 Å². The van der Waals surface area contributed by atoms with Crippen molar-refractivity contribution in [1.29, 1.82) is 0 Å². The number of anilines is 2. The summed E-state index contributed by atoms with van der Waals surface area (Å²) in [6.45, 7) is 2.54. The third-order valence-electron chi connectivity index (χ3n) is 3.67. The fourth-order valence-electron chi connectivity index (χ4n) is 2.52. The van der Waals surface area contributed by atoms with Crippen LogP contribution in [0.3, 0.4) is 0 Å². The molecule has 0 radical (unpaired) electrons. The quantitative estimate of drug-likeness (QED) is 0.519. The van der Waals surface area contributed by atoms with E-state index in [1.165, 1.54) is 0 Å². The summed E-state index contributed by atoms with van der Waals surface area (Å²) in [5.41, 5.74) is 2.42. The Morgan fingerprint density at radius 2 is 2.10 bits per heavy atom.